The van der Waals surface area contributed by atoms with E-state index in [4.69, 9.17) is 0 Å². The maximum Gasteiger partial charge on any atom is 0.143 e. The molecule has 18 heavy (non-hydrogen) atoms. The van der Waals surface area contributed by atoms with E-state index in [0.717, 1.165) is 25.2 Å². The Morgan fingerprint density at radius 2 is 1.83 bits per heavy atom. The van der Waals surface area contributed by atoms with Crippen LogP contribution in [0.3, 0.4) is 0 Å². The predicted molar refractivity (Wildman–Crippen MR) is 83.0 cm³/mol. The first-order valence-electron chi connectivity index (χ1n) is 5.99. The lowest BCUT2D eigenvalue weighted by Crippen LogP contribution is -2.33. The second kappa shape index (κ2) is 7.48. The molecule has 102 valence electrons. The van der Waals surface area contributed by atoms with Gasteiger partial charge in [0.2, 0.25) is 0 Å². The fourth-order valence-corrected chi connectivity index (χ4v) is 2.75. The summed E-state index contributed by atoms with van der Waals surface area (Å²) < 4.78 is 1.43. The normalized spacial score (nSPS) is 11.5. The highest BCUT2D eigenvalue weighted by Crippen LogP contribution is 2.33. The third-order valence-corrected chi connectivity index (χ3v) is 4.14. The van der Waals surface area contributed by atoms with Gasteiger partial charge in [-0.05, 0) is 70.5 Å². The Morgan fingerprint density at radius 1 is 1.28 bits per heavy atom. The maximum atomic E-state index is 9.62. The standard InChI is InChI=1S/C13H20Br2N2O/c1-9(2)17(3)5-4-16-8-10-6-11(14)13(18)12(15)7-10/h6-7,9,16,18H,4-5,8H2,1-3H3. The van der Waals surface area contributed by atoms with Crippen LogP contribution in [0.1, 0.15) is 19.4 Å². The van der Waals surface area contributed by atoms with Gasteiger partial charge < -0.3 is 15.3 Å². The third kappa shape index (κ3) is 4.88. The van der Waals surface area contributed by atoms with E-state index >= 15 is 0 Å². The quantitative estimate of drug-likeness (QED) is 0.744. The Kier molecular flexibility index (Phi) is 6.63. The average molecular weight is 380 g/mol. The summed E-state index contributed by atoms with van der Waals surface area (Å²) in [5.74, 6) is 0.248. The molecule has 5 heteroatoms. The van der Waals surface area contributed by atoms with Gasteiger partial charge in [0.15, 0.2) is 0 Å². The molecule has 0 amide bonds. The molecule has 0 unspecified atom stereocenters. The second-order valence-corrected chi connectivity index (χ2v) is 6.37. The highest BCUT2D eigenvalue weighted by Gasteiger charge is 2.06. The Morgan fingerprint density at radius 3 is 2.33 bits per heavy atom. The molecule has 1 aromatic rings. The Balaban J connectivity index is 2.40. The molecule has 0 saturated carbocycles. The van der Waals surface area contributed by atoms with Crippen molar-refractivity contribution >= 4 is 31.9 Å². The van der Waals surface area contributed by atoms with Crippen LogP contribution in [0.2, 0.25) is 0 Å². The van der Waals surface area contributed by atoms with Gasteiger partial charge in [-0.3, -0.25) is 0 Å². The zero-order valence-electron chi connectivity index (χ0n) is 11.0. The molecule has 0 spiro atoms. The second-order valence-electron chi connectivity index (χ2n) is 4.66. The highest BCUT2D eigenvalue weighted by atomic mass is 79.9. The molecule has 3 nitrogen and oxygen atoms in total. The molecule has 0 fully saturated rings. The molecule has 0 aliphatic rings. The summed E-state index contributed by atoms with van der Waals surface area (Å²) in [4.78, 5) is 2.30. The van der Waals surface area contributed by atoms with Gasteiger partial charge in [-0.2, -0.15) is 0 Å². The lowest BCUT2D eigenvalue weighted by Gasteiger charge is -2.21. The largest absolute Gasteiger partial charge is 0.506 e. The van der Waals surface area contributed by atoms with Gasteiger partial charge >= 0.3 is 0 Å². The zero-order valence-corrected chi connectivity index (χ0v) is 14.2. The van der Waals surface area contributed by atoms with Gasteiger partial charge in [-0.1, -0.05) is 0 Å². The molecule has 0 radical (unpaired) electrons. The number of hydrogen-bond donors (Lipinski definition) is 2. The van der Waals surface area contributed by atoms with E-state index in [0.29, 0.717) is 15.0 Å². The van der Waals surface area contributed by atoms with Gasteiger partial charge in [-0.15, -0.1) is 0 Å². The molecule has 1 rings (SSSR count). The Hall–Kier alpha value is -0.100. The highest BCUT2D eigenvalue weighted by molar-refractivity contribution is 9.11. The SMILES string of the molecule is CC(C)N(C)CCNCc1cc(Br)c(O)c(Br)c1. The van der Waals surface area contributed by atoms with E-state index in [1.54, 1.807) is 0 Å². The molecule has 0 bridgehead atoms. The predicted octanol–water partition coefficient (Wildman–Crippen LogP) is 3.35. The maximum absolute atomic E-state index is 9.62. The molecule has 2 N–H and O–H groups in total. The Labute approximate surface area is 126 Å². The fraction of sp³-hybridized carbons (Fsp3) is 0.538. The van der Waals surface area contributed by atoms with E-state index < -0.39 is 0 Å². The van der Waals surface area contributed by atoms with Gasteiger partial charge in [0.25, 0.3) is 0 Å². The lowest BCUT2D eigenvalue weighted by molar-refractivity contribution is 0.273. The van der Waals surface area contributed by atoms with Crippen LogP contribution in [-0.4, -0.2) is 36.2 Å². The summed E-state index contributed by atoms with van der Waals surface area (Å²) in [5.41, 5.74) is 1.14. The molecule has 0 aliphatic carbocycles. The molecule has 1 aromatic carbocycles. The van der Waals surface area contributed by atoms with E-state index in [1.807, 2.05) is 12.1 Å². The van der Waals surface area contributed by atoms with Crippen LogP contribution in [0.25, 0.3) is 0 Å². The van der Waals surface area contributed by atoms with Gasteiger partial charge in [0.05, 0.1) is 8.95 Å². The first-order valence-corrected chi connectivity index (χ1v) is 7.58. The number of phenols is 1. The molecule has 0 saturated heterocycles. The minimum atomic E-state index is 0.248. The van der Waals surface area contributed by atoms with Crippen molar-refractivity contribution < 1.29 is 5.11 Å². The monoisotopic (exact) mass is 378 g/mol. The molecule has 0 heterocycles. The lowest BCUT2D eigenvalue weighted by atomic mass is 10.2. The molecule has 0 aliphatic heterocycles. The first-order chi connectivity index (χ1) is 8.41. The number of benzene rings is 1. The minimum Gasteiger partial charge on any atom is -0.506 e. The first kappa shape index (κ1) is 16.0. The van der Waals surface area contributed by atoms with Crippen molar-refractivity contribution in [2.24, 2.45) is 0 Å². The topological polar surface area (TPSA) is 35.5 Å². The summed E-state index contributed by atoms with van der Waals surface area (Å²) in [5, 5.41) is 13.0. The van der Waals surface area contributed by atoms with Crippen molar-refractivity contribution in [3.63, 3.8) is 0 Å². The van der Waals surface area contributed by atoms with Crippen LogP contribution in [0.4, 0.5) is 0 Å². The summed E-state index contributed by atoms with van der Waals surface area (Å²) in [6.45, 7) is 7.15. The summed E-state index contributed by atoms with van der Waals surface area (Å²) in [7, 11) is 2.13. The Bertz CT molecular complexity index is 374. The molecule has 0 atom stereocenters. The summed E-state index contributed by atoms with van der Waals surface area (Å²) >= 11 is 6.66. The fourth-order valence-electron chi connectivity index (χ4n) is 1.47. The van der Waals surface area contributed by atoms with Crippen molar-refractivity contribution in [2.45, 2.75) is 26.4 Å². The van der Waals surface area contributed by atoms with E-state index in [-0.39, 0.29) is 5.75 Å². The van der Waals surface area contributed by atoms with Gasteiger partial charge in [-0.25, -0.2) is 0 Å². The number of rotatable bonds is 6. The van der Waals surface area contributed by atoms with E-state index in [2.05, 4.69) is 63.0 Å². The zero-order chi connectivity index (χ0) is 13.7. The minimum absolute atomic E-state index is 0.248. The number of aromatic hydroxyl groups is 1. The van der Waals surface area contributed by atoms with Crippen LogP contribution in [0.5, 0.6) is 5.75 Å². The van der Waals surface area contributed by atoms with Crippen LogP contribution in [0.15, 0.2) is 21.1 Å². The van der Waals surface area contributed by atoms with E-state index in [9.17, 15) is 5.11 Å². The summed E-state index contributed by atoms with van der Waals surface area (Å²) in [6, 6.07) is 4.43. The third-order valence-electron chi connectivity index (χ3n) is 2.93. The molecular formula is C13H20Br2N2O. The van der Waals surface area contributed by atoms with Crippen LogP contribution in [0, 0.1) is 0 Å². The van der Waals surface area contributed by atoms with Crippen LogP contribution in [-0.2, 0) is 6.54 Å². The smallest absolute Gasteiger partial charge is 0.143 e. The van der Waals surface area contributed by atoms with Gasteiger partial charge in [0.1, 0.15) is 5.75 Å². The number of halogens is 2. The number of likely N-dealkylation sites (N-methyl/N-ethyl adjacent to an activating group) is 1. The molecular weight excluding hydrogens is 360 g/mol. The van der Waals surface area contributed by atoms with Crippen LogP contribution >= 0.6 is 31.9 Å². The number of phenolic OH excluding ortho intramolecular Hbond substituents is 1. The van der Waals surface area contributed by atoms with Crippen molar-refractivity contribution in [1.29, 1.82) is 0 Å². The van der Waals surface area contributed by atoms with Crippen LogP contribution < -0.4 is 5.32 Å². The molecule has 0 aromatic heterocycles. The number of nitrogens with one attached hydrogen (secondary N) is 1. The summed E-state index contributed by atoms with van der Waals surface area (Å²) in [6.07, 6.45) is 0. The van der Waals surface area contributed by atoms with Gasteiger partial charge in [0, 0.05) is 25.7 Å². The number of nitrogens with zero attached hydrogens (tertiary/aromatic N) is 1. The van der Waals surface area contributed by atoms with E-state index in [1.165, 1.54) is 0 Å². The van der Waals surface area contributed by atoms with Crippen molar-refractivity contribution in [2.75, 3.05) is 20.1 Å². The average Bonchev–Trinajstić information content (AvgIpc) is 2.31. The van der Waals surface area contributed by atoms with Crippen molar-refractivity contribution in [3.05, 3.63) is 26.6 Å². The van der Waals surface area contributed by atoms with Crippen molar-refractivity contribution in [1.82, 2.24) is 10.2 Å². The van der Waals surface area contributed by atoms with Crippen molar-refractivity contribution in [3.8, 4) is 5.75 Å². The number of hydrogen-bond acceptors (Lipinski definition) is 3.